The summed E-state index contributed by atoms with van der Waals surface area (Å²) in [5, 5.41) is 38.9. The lowest BCUT2D eigenvalue weighted by Gasteiger charge is -2.19. The maximum atomic E-state index is 10.9. The highest BCUT2D eigenvalue weighted by Gasteiger charge is 2.92. The number of nitrogens with zero attached hydrogens (tertiary/aromatic N) is 4. The summed E-state index contributed by atoms with van der Waals surface area (Å²) in [6.45, 7) is -1.01. The van der Waals surface area contributed by atoms with Crippen molar-refractivity contribution in [2.75, 3.05) is 13.2 Å². The SMILES string of the molecule is CCOC(=O)OCC([N+](=O)[O-])([N+](=O)[O-])C(Cl)([N+](=O)[O-])[N+](=O)[O-]. The van der Waals surface area contributed by atoms with E-state index in [1.54, 1.807) is 0 Å². The van der Waals surface area contributed by atoms with Crippen LogP contribution in [0.1, 0.15) is 6.92 Å². The first-order valence-electron chi connectivity index (χ1n) is 5.04. The lowest BCUT2D eigenvalue weighted by Crippen LogP contribution is -2.70. The molecule has 0 N–H and O–H groups in total. The molecule has 0 aliphatic rings. The Bertz CT molecular complexity index is 493. The van der Waals surface area contributed by atoms with Crippen molar-refractivity contribution < 1.29 is 34.0 Å². The summed E-state index contributed by atoms with van der Waals surface area (Å²) in [6.07, 6.45) is -1.67. The van der Waals surface area contributed by atoms with Crippen LogP contribution in [0.15, 0.2) is 0 Å². The fourth-order valence-electron chi connectivity index (χ4n) is 1.17. The number of ether oxygens (including phenoxy) is 2. The van der Waals surface area contributed by atoms with Gasteiger partial charge in [0.1, 0.15) is 19.7 Å². The van der Waals surface area contributed by atoms with Gasteiger partial charge in [-0.05, 0) is 6.92 Å². The highest BCUT2D eigenvalue weighted by Crippen LogP contribution is 2.35. The second kappa shape index (κ2) is 6.74. The number of nitro groups is 4. The number of alkyl halides is 1. The van der Waals surface area contributed by atoms with Crippen molar-refractivity contribution in [1.29, 1.82) is 0 Å². The number of rotatable bonds is 8. The summed E-state index contributed by atoms with van der Waals surface area (Å²) in [7, 11) is 0. The summed E-state index contributed by atoms with van der Waals surface area (Å²) in [4.78, 5) is 46.2. The molecule has 22 heavy (non-hydrogen) atoms. The molecule has 0 heterocycles. The Kier molecular flexibility index (Phi) is 5.87. The van der Waals surface area contributed by atoms with Crippen LogP contribution in [-0.2, 0) is 9.47 Å². The molecule has 0 fully saturated rings. The van der Waals surface area contributed by atoms with E-state index >= 15 is 0 Å². The van der Waals surface area contributed by atoms with Gasteiger partial charge in [-0.2, -0.15) is 0 Å². The van der Waals surface area contributed by atoms with Crippen molar-refractivity contribution in [3.05, 3.63) is 40.5 Å². The minimum atomic E-state index is -4.42. The zero-order valence-electron chi connectivity index (χ0n) is 10.6. The molecule has 0 aromatic heterocycles. The van der Waals surface area contributed by atoms with Gasteiger partial charge >= 0.3 is 16.9 Å². The highest BCUT2D eigenvalue weighted by molar-refractivity contribution is 6.22. The molecule has 0 amide bonds. The van der Waals surface area contributed by atoms with Crippen LogP contribution in [0, 0.1) is 40.5 Å². The van der Waals surface area contributed by atoms with Gasteiger partial charge in [0, 0.05) is 0 Å². The number of hydrogen-bond donors (Lipinski definition) is 0. The van der Waals surface area contributed by atoms with Crippen LogP contribution in [0.25, 0.3) is 0 Å². The molecule has 15 nitrogen and oxygen atoms in total. The van der Waals surface area contributed by atoms with Gasteiger partial charge in [0.15, 0.2) is 0 Å². The van der Waals surface area contributed by atoms with Gasteiger partial charge in [-0.15, -0.1) is 0 Å². The predicted molar refractivity (Wildman–Crippen MR) is 62.3 cm³/mol. The third-order valence-electron chi connectivity index (χ3n) is 2.25. The first-order chi connectivity index (χ1) is 9.98. The average Bonchev–Trinajstić information content (AvgIpc) is 2.37. The highest BCUT2D eigenvalue weighted by atomic mass is 35.5. The largest absolute Gasteiger partial charge is 0.680 e. The van der Waals surface area contributed by atoms with Crippen molar-refractivity contribution in [1.82, 2.24) is 0 Å². The van der Waals surface area contributed by atoms with E-state index in [4.69, 9.17) is 11.6 Å². The molecular formula is C6H7ClN4O11. The predicted octanol–water partition coefficient (Wildman–Crippen LogP) is -0.145. The molecule has 0 radical (unpaired) electrons. The molecule has 0 aromatic rings. The smallest absolute Gasteiger partial charge is 0.435 e. The summed E-state index contributed by atoms with van der Waals surface area (Å²) in [5.41, 5.74) is -4.28. The summed E-state index contributed by atoms with van der Waals surface area (Å²) < 4.78 is 8.12. The minimum absolute atomic E-state index is 0.292. The topological polar surface area (TPSA) is 208 Å². The van der Waals surface area contributed by atoms with Crippen LogP contribution in [0.3, 0.4) is 0 Å². The van der Waals surface area contributed by atoms with E-state index in [9.17, 15) is 45.3 Å². The fourth-order valence-corrected chi connectivity index (χ4v) is 1.37. The number of halogens is 1. The van der Waals surface area contributed by atoms with Crippen LogP contribution in [0.2, 0.25) is 0 Å². The molecule has 0 bridgehead atoms. The van der Waals surface area contributed by atoms with Gasteiger partial charge in [-0.3, -0.25) is 40.5 Å². The monoisotopic (exact) mass is 346 g/mol. The van der Waals surface area contributed by atoms with Crippen LogP contribution in [0.5, 0.6) is 0 Å². The average molecular weight is 347 g/mol. The summed E-state index contributed by atoms with van der Waals surface area (Å²) >= 11 is 4.97. The van der Waals surface area contributed by atoms with E-state index in [-0.39, 0.29) is 6.61 Å². The lowest BCUT2D eigenvalue weighted by atomic mass is 10.1. The normalized spacial score (nSPS) is 11.4. The number of carbonyl (C=O) groups is 1. The van der Waals surface area contributed by atoms with Gasteiger partial charge in [0.25, 0.3) is 6.61 Å². The van der Waals surface area contributed by atoms with E-state index in [0.29, 0.717) is 0 Å². The molecular weight excluding hydrogens is 340 g/mol. The van der Waals surface area contributed by atoms with Crippen molar-refractivity contribution in [3.8, 4) is 0 Å². The standard InChI is InChI=1S/C6H7ClN4O11/c1-2-21-4(12)22-3-5(8(13)14,9(15)16)6(7,10(17)18)11(19)20/h2-3H2,1H3. The quantitative estimate of drug-likeness (QED) is 0.141. The third-order valence-corrected chi connectivity index (χ3v) is 2.83. The Morgan fingerprint density at radius 3 is 1.64 bits per heavy atom. The second-order valence-electron chi connectivity index (χ2n) is 3.40. The number of hydrogen-bond acceptors (Lipinski definition) is 11. The Morgan fingerprint density at radius 2 is 1.36 bits per heavy atom. The minimum Gasteiger partial charge on any atom is -0.435 e. The number of carbonyl (C=O) groups excluding carboxylic acids is 1. The van der Waals surface area contributed by atoms with E-state index < -0.39 is 43.2 Å². The Labute approximate surface area is 124 Å². The van der Waals surface area contributed by atoms with Crippen molar-refractivity contribution >= 4 is 17.8 Å². The molecule has 0 aromatic carbocycles. The molecule has 0 unspecified atom stereocenters. The summed E-state index contributed by atoms with van der Waals surface area (Å²) in [5.74, 6) is 0. The molecule has 0 spiro atoms. The lowest BCUT2D eigenvalue weighted by molar-refractivity contribution is -0.918. The van der Waals surface area contributed by atoms with E-state index in [2.05, 4.69) is 9.47 Å². The first-order valence-corrected chi connectivity index (χ1v) is 5.42. The molecule has 0 saturated carbocycles. The molecule has 124 valence electrons. The van der Waals surface area contributed by atoms with Crippen molar-refractivity contribution in [2.24, 2.45) is 0 Å². The van der Waals surface area contributed by atoms with Crippen molar-refractivity contribution in [3.63, 3.8) is 0 Å². The second-order valence-corrected chi connectivity index (χ2v) is 3.93. The van der Waals surface area contributed by atoms with Crippen LogP contribution in [-0.4, -0.2) is 49.8 Å². The van der Waals surface area contributed by atoms with Crippen LogP contribution < -0.4 is 0 Å². The first kappa shape index (κ1) is 19.2. The van der Waals surface area contributed by atoms with E-state index in [1.165, 1.54) is 6.92 Å². The fraction of sp³-hybridized carbons (Fsp3) is 0.833. The molecule has 0 aliphatic heterocycles. The summed E-state index contributed by atoms with van der Waals surface area (Å²) in [6, 6.07) is 0. The van der Waals surface area contributed by atoms with Crippen LogP contribution in [0.4, 0.5) is 4.79 Å². The zero-order chi connectivity index (χ0) is 17.7. The van der Waals surface area contributed by atoms with E-state index in [1.807, 2.05) is 0 Å². The Balaban J connectivity index is 6.06. The van der Waals surface area contributed by atoms with Crippen molar-refractivity contribution in [2.45, 2.75) is 17.7 Å². The van der Waals surface area contributed by atoms with Crippen LogP contribution >= 0.6 is 11.6 Å². The molecule has 0 saturated heterocycles. The Hall–Kier alpha value is -2.84. The maximum Gasteiger partial charge on any atom is 0.680 e. The van der Waals surface area contributed by atoms with Gasteiger partial charge in [-0.1, -0.05) is 0 Å². The van der Waals surface area contributed by atoms with Gasteiger partial charge in [0.05, 0.1) is 18.2 Å². The third kappa shape index (κ3) is 2.92. The molecule has 16 heteroatoms. The van der Waals surface area contributed by atoms with Gasteiger partial charge in [0.2, 0.25) is 0 Å². The molecule has 0 atom stereocenters. The maximum absolute atomic E-state index is 10.9. The van der Waals surface area contributed by atoms with Gasteiger partial charge in [-0.25, -0.2) is 4.79 Å². The zero-order valence-corrected chi connectivity index (χ0v) is 11.3. The van der Waals surface area contributed by atoms with Gasteiger partial charge < -0.3 is 9.47 Å². The Morgan fingerprint density at radius 1 is 0.955 bits per heavy atom. The van der Waals surface area contributed by atoms with E-state index in [0.717, 1.165) is 0 Å². The molecule has 0 rings (SSSR count). The molecule has 0 aliphatic carbocycles.